The fourth-order valence-corrected chi connectivity index (χ4v) is 2.24. The molecule has 5 nitrogen and oxygen atoms in total. The molecule has 2 rings (SSSR count). The number of carbonyl (C=O) groups excluding carboxylic acids is 1. The van der Waals surface area contributed by atoms with E-state index >= 15 is 0 Å². The highest BCUT2D eigenvalue weighted by molar-refractivity contribution is 8.00. The van der Waals surface area contributed by atoms with E-state index in [9.17, 15) is 4.79 Å². The predicted molar refractivity (Wildman–Crippen MR) is 69.4 cm³/mol. The van der Waals surface area contributed by atoms with Crippen LogP contribution in [-0.2, 0) is 0 Å². The highest BCUT2D eigenvalue weighted by Crippen LogP contribution is 2.46. The number of rotatable bonds is 5. The second-order valence-corrected chi connectivity index (χ2v) is 5.40. The number of hydrogen-bond donors (Lipinski definition) is 2. The summed E-state index contributed by atoms with van der Waals surface area (Å²) in [5.41, 5.74) is 0.362. The van der Waals surface area contributed by atoms with E-state index in [2.05, 4.69) is 27.1 Å². The summed E-state index contributed by atoms with van der Waals surface area (Å²) in [7, 11) is 1.76. The van der Waals surface area contributed by atoms with Crippen molar-refractivity contribution in [2.75, 3.05) is 25.2 Å². The Morgan fingerprint density at radius 2 is 2.24 bits per heavy atom. The van der Waals surface area contributed by atoms with Gasteiger partial charge in [0.05, 0.1) is 0 Å². The van der Waals surface area contributed by atoms with Crippen molar-refractivity contribution in [1.82, 2.24) is 15.5 Å². The van der Waals surface area contributed by atoms with E-state index in [-0.39, 0.29) is 10.7 Å². The van der Waals surface area contributed by atoms with Gasteiger partial charge in [-0.3, -0.25) is 4.79 Å². The van der Waals surface area contributed by atoms with Crippen molar-refractivity contribution in [2.24, 2.45) is 0 Å². The lowest BCUT2D eigenvalue weighted by Gasteiger charge is -2.12. The molecule has 0 radical (unpaired) electrons. The second-order valence-electron chi connectivity index (χ2n) is 4.12. The zero-order valence-electron chi connectivity index (χ0n) is 9.99. The van der Waals surface area contributed by atoms with Gasteiger partial charge >= 0.3 is 0 Å². The van der Waals surface area contributed by atoms with E-state index in [1.54, 1.807) is 19.2 Å². The van der Waals surface area contributed by atoms with Crippen LogP contribution in [0.5, 0.6) is 0 Å². The van der Waals surface area contributed by atoms with Gasteiger partial charge in [-0.25, -0.2) is 0 Å². The molecule has 1 fully saturated rings. The number of nitrogens with one attached hydrogen (secondary N) is 2. The van der Waals surface area contributed by atoms with Gasteiger partial charge in [-0.05, 0) is 31.2 Å². The zero-order chi connectivity index (χ0) is 12.3. The Kier molecular flexibility index (Phi) is 3.51. The van der Waals surface area contributed by atoms with Crippen LogP contribution in [0, 0.1) is 0 Å². The summed E-state index contributed by atoms with van der Waals surface area (Å²) in [5, 5.41) is 13.5. The summed E-state index contributed by atoms with van der Waals surface area (Å²) in [6.07, 6.45) is 4.44. The Hall–Kier alpha value is -1.30. The summed E-state index contributed by atoms with van der Waals surface area (Å²) in [6, 6.07) is 3.41. The van der Waals surface area contributed by atoms with Crippen molar-refractivity contribution in [1.29, 1.82) is 0 Å². The Morgan fingerprint density at radius 3 is 2.71 bits per heavy atom. The lowest BCUT2D eigenvalue weighted by molar-refractivity contribution is 0.0947. The summed E-state index contributed by atoms with van der Waals surface area (Å²) in [4.78, 5) is 11.8. The van der Waals surface area contributed by atoms with E-state index in [0.29, 0.717) is 18.1 Å². The van der Waals surface area contributed by atoms with Gasteiger partial charge in [-0.1, -0.05) is 0 Å². The molecular formula is C11H16N4OS. The van der Waals surface area contributed by atoms with Gasteiger partial charge in [-0.15, -0.1) is 10.2 Å². The standard InChI is InChI=1S/C11H16N4OS/c1-12-9-4-3-8(14-15-9)10(16)13-7-11(17-2)5-6-11/h3-4H,5-7H2,1-2H3,(H,12,15)(H,13,16). The van der Waals surface area contributed by atoms with Gasteiger partial charge in [0.2, 0.25) is 0 Å². The fraction of sp³-hybridized carbons (Fsp3) is 0.545. The maximum absolute atomic E-state index is 11.8. The molecule has 6 heteroatoms. The highest BCUT2D eigenvalue weighted by Gasteiger charge is 2.42. The van der Waals surface area contributed by atoms with Gasteiger partial charge in [0, 0.05) is 18.3 Å². The Labute approximate surface area is 105 Å². The molecular weight excluding hydrogens is 236 g/mol. The first-order valence-corrected chi connectivity index (χ1v) is 6.76. The van der Waals surface area contributed by atoms with Crippen molar-refractivity contribution in [3.05, 3.63) is 17.8 Å². The van der Waals surface area contributed by atoms with Crippen LogP contribution in [0.3, 0.4) is 0 Å². The van der Waals surface area contributed by atoms with Gasteiger partial charge in [-0.2, -0.15) is 11.8 Å². The minimum atomic E-state index is -0.152. The number of amides is 1. The van der Waals surface area contributed by atoms with Crippen molar-refractivity contribution < 1.29 is 4.79 Å². The van der Waals surface area contributed by atoms with E-state index in [0.717, 1.165) is 0 Å². The normalized spacial score (nSPS) is 16.4. The second kappa shape index (κ2) is 4.91. The Morgan fingerprint density at radius 1 is 1.47 bits per heavy atom. The number of thioether (sulfide) groups is 1. The van der Waals surface area contributed by atoms with Gasteiger partial charge in [0.1, 0.15) is 5.82 Å². The lowest BCUT2D eigenvalue weighted by atomic mass is 10.3. The first-order valence-electron chi connectivity index (χ1n) is 5.54. The SMILES string of the molecule is CNc1ccc(C(=O)NCC2(SC)CC2)nn1. The molecule has 92 valence electrons. The summed E-state index contributed by atoms with van der Waals surface area (Å²) >= 11 is 1.82. The van der Waals surface area contributed by atoms with Gasteiger partial charge < -0.3 is 10.6 Å². The largest absolute Gasteiger partial charge is 0.372 e. The molecule has 0 atom stereocenters. The van der Waals surface area contributed by atoms with Crippen LogP contribution in [0.4, 0.5) is 5.82 Å². The van der Waals surface area contributed by atoms with Crippen LogP contribution < -0.4 is 10.6 Å². The maximum Gasteiger partial charge on any atom is 0.271 e. The van der Waals surface area contributed by atoms with E-state index in [1.807, 2.05) is 11.8 Å². The Bertz CT molecular complexity index is 402. The molecule has 0 saturated heterocycles. The molecule has 2 N–H and O–H groups in total. The molecule has 0 bridgehead atoms. The van der Waals surface area contributed by atoms with E-state index in [4.69, 9.17) is 0 Å². The number of hydrogen-bond acceptors (Lipinski definition) is 5. The van der Waals surface area contributed by atoms with Crippen molar-refractivity contribution >= 4 is 23.5 Å². The molecule has 1 amide bonds. The van der Waals surface area contributed by atoms with E-state index < -0.39 is 0 Å². The highest BCUT2D eigenvalue weighted by atomic mass is 32.2. The van der Waals surface area contributed by atoms with Gasteiger partial charge in [0.25, 0.3) is 5.91 Å². The topological polar surface area (TPSA) is 66.9 Å². The summed E-state index contributed by atoms with van der Waals surface area (Å²) < 4.78 is 0.272. The minimum absolute atomic E-state index is 0.152. The fourth-order valence-electron chi connectivity index (χ4n) is 1.51. The number of anilines is 1. The quantitative estimate of drug-likeness (QED) is 0.822. The van der Waals surface area contributed by atoms with Crippen molar-refractivity contribution in [3.8, 4) is 0 Å². The molecule has 0 spiro atoms. The molecule has 17 heavy (non-hydrogen) atoms. The molecule has 0 aromatic carbocycles. The zero-order valence-corrected chi connectivity index (χ0v) is 10.8. The van der Waals surface area contributed by atoms with Crippen LogP contribution in [0.15, 0.2) is 12.1 Å². The number of aromatic nitrogens is 2. The predicted octanol–water partition coefficient (Wildman–Crippen LogP) is 1.14. The summed E-state index contributed by atoms with van der Waals surface area (Å²) in [5.74, 6) is 0.504. The molecule has 1 heterocycles. The first-order chi connectivity index (χ1) is 8.19. The van der Waals surface area contributed by atoms with Crippen LogP contribution >= 0.6 is 11.8 Å². The van der Waals surface area contributed by atoms with Crippen molar-refractivity contribution in [2.45, 2.75) is 17.6 Å². The van der Waals surface area contributed by atoms with Crippen molar-refractivity contribution in [3.63, 3.8) is 0 Å². The average molecular weight is 252 g/mol. The third-order valence-electron chi connectivity index (χ3n) is 2.97. The third-order valence-corrected chi connectivity index (χ3v) is 4.38. The molecule has 1 aromatic heterocycles. The molecule has 1 aliphatic rings. The van der Waals surface area contributed by atoms with Crippen LogP contribution in [0.25, 0.3) is 0 Å². The number of nitrogens with zero attached hydrogens (tertiary/aromatic N) is 2. The monoisotopic (exact) mass is 252 g/mol. The summed E-state index contributed by atoms with van der Waals surface area (Å²) in [6.45, 7) is 0.711. The van der Waals surface area contributed by atoms with Crippen LogP contribution in [0.2, 0.25) is 0 Å². The number of carbonyl (C=O) groups is 1. The molecule has 0 unspecified atom stereocenters. The lowest BCUT2D eigenvalue weighted by Crippen LogP contribution is -2.32. The molecule has 1 aliphatic carbocycles. The molecule has 1 aromatic rings. The van der Waals surface area contributed by atoms with Gasteiger partial charge in [0.15, 0.2) is 5.69 Å². The molecule has 1 saturated carbocycles. The molecule has 0 aliphatic heterocycles. The Balaban J connectivity index is 1.90. The maximum atomic E-state index is 11.8. The average Bonchev–Trinajstić information content (AvgIpc) is 3.17. The first kappa shape index (κ1) is 12.2. The minimum Gasteiger partial charge on any atom is -0.372 e. The van der Waals surface area contributed by atoms with Crippen LogP contribution in [-0.4, -0.2) is 40.7 Å². The third kappa shape index (κ3) is 2.88. The smallest absolute Gasteiger partial charge is 0.271 e. The van der Waals surface area contributed by atoms with Crippen LogP contribution in [0.1, 0.15) is 23.3 Å². The van der Waals surface area contributed by atoms with E-state index in [1.165, 1.54) is 12.8 Å².